The minimum Gasteiger partial charge on any atom is -0.395 e. The molecule has 0 radical (unpaired) electrons. The maximum Gasteiger partial charge on any atom is 0.295 e. The Morgan fingerprint density at radius 3 is 2.68 bits per heavy atom. The quantitative estimate of drug-likeness (QED) is 0.470. The number of aryl methyl sites for hydroxylation is 1. The Labute approximate surface area is 124 Å². The number of benzene rings is 1. The lowest BCUT2D eigenvalue weighted by atomic mass is 10.1. The van der Waals surface area contributed by atoms with Crippen LogP contribution in [0.4, 0.5) is 15.8 Å². The summed E-state index contributed by atoms with van der Waals surface area (Å²) in [4.78, 5) is 34.5. The number of anilines is 1. The smallest absolute Gasteiger partial charge is 0.295 e. The van der Waals surface area contributed by atoms with Crippen molar-refractivity contribution in [1.82, 2.24) is 4.90 Å². The van der Waals surface area contributed by atoms with Crippen LogP contribution in [0.25, 0.3) is 0 Å². The van der Waals surface area contributed by atoms with Gasteiger partial charge in [-0.05, 0) is 18.6 Å². The first-order chi connectivity index (χ1) is 10.4. The summed E-state index contributed by atoms with van der Waals surface area (Å²) in [6, 6.07) is 2.35. The standard InChI is InChI=1S/C13H12FN3O5/c1-7-2-3-9(17(21)22)12(11(7)14)15-8-6-10(19)16(4-5-18)13(8)20/h2-3,6,15,18H,4-5H2,1H3. The number of aliphatic hydroxyl groups excluding tert-OH is 1. The average molecular weight is 309 g/mol. The van der Waals surface area contributed by atoms with E-state index in [1.807, 2.05) is 0 Å². The first-order valence-electron chi connectivity index (χ1n) is 6.25. The van der Waals surface area contributed by atoms with Crippen LogP contribution in [0.3, 0.4) is 0 Å². The number of β-amino-alcohol motifs (C(OH)–C–C–N with tert-alkyl or cyclic N) is 1. The number of amides is 2. The number of carbonyl (C=O) groups excluding carboxylic acids is 2. The van der Waals surface area contributed by atoms with Crippen molar-refractivity contribution in [3.8, 4) is 0 Å². The summed E-state index contributed by atoms with van der Waals surface area (Å²) in [6.45, 7) is 0.785. The number of nitro groups is 1. The minimum atomic E-state index is -0.879. The number of nitrogens with zero attached hydrogens (tertiary/aromatic N) is 2. The molecule has 0 bridgehead atoms. The van der Waals surface area contributed by atoms with E-state index < -0.39 is 40.5 Å². The van der Waals surface area contributed by atoms with Gasteiger partial charge in [-0.1, -0.05) is 0 Å². The molecular weight excluding hydrogens is 297 g/mol. The van der Waals surface area contributed by atoms with Gasteiger partial charge in [0.2, 0.25) is 0 Å². The second-order valence-corrected chi connectivity index (χ2v) is 4.55. The van der Waals surface area contributed by atoms with Crippen LogP contribution in [0, 0.1) is 22.9 Å². The molecule has 0 aromatic heterocycles. The molecule has 2 amide bonds. The van der Waals surface area contributed by atoms with Crippen molar-refractivity contribution < 1.29 is 24.0 Å². The van der Waals surface area contributed by atoms with Crippen molar-refractivity contribution in [2.24, 2.45) is 0 Å². The highest BCUT2D eigenvalue weighted by atomic mass is 19.1. The molecule has 0 aliphatic carbocycles. The molecule has 1 aliphatic rings. The van der Waals surface area contributed by atoms with Gasteiger partial charge in [-0.2, -0.15) is 0 Å². The summed E-state index contributed by atoms with van der Waals surface area (Å²) in [5.41, 5.74) is -1.17. The summed E-state index contributed by atoms with van der Waals surface area (Å²) in [7, 11) is 0. The van der Waals surface area contributed by atoms with E-state index in [0.29, 0.717) is 0 Å². The molecule has 0 saturated carbocycles. The molecule has 1 aliphatic heterocycles. The summed E-state index contributed by atoms with van der Waals surface area (Å²) in [5, 5.41) is 22.1. The van der Waals surface area contributed by atoms with Crippen LogP contribution >= 0.6 is 0 Å². The Morgan fingerprint density at radius 2 is 2.09 bits per heavy atom. The second-order valence-electron chi connectivity index (χ2n) is 4.55. The molecule has 0 atom stereocenters. The number of aliphatic hydroxyl groups is 1. The Hall–Kier alpha value is -2.81. The van der Waals surface area contributed by atoms with Crippen LogP contribution in [0.2, 0.25) is 0 Å². The zero-order chi connectivity index (χ0) is 16.4. The highest BCUT2D eigenvalue weighted by molar-refractivity contribution is 6.17. The summed E-state index contributed by atoms with van der Waals surface area (Å²) < 4.78 is 14.1. The molecule has 0 unspecified atom stereocenters. The minimum absolute atomic E-state index is 0.151. The van der Waals surface area contributed by atoms with Crippen LogP contribution in [-0.4, -0.2) is 39.9 Å². The van der Waals surface area contributed by atoms with E-state index in [1.165, 1.54) is 13.0 Å². The van der Waals surface area contributed by atoms with Crippen LogP contribution in [0.1, 0.15) is 5.56 Å². The number of halogens is 1. The van der Waals surface area contributed by atoms with E-state index in [0.717, 1.165) is 17.0 Å². The van der Waals surface area contributed by atoms with Gasteiger partial charge >= 0.3 is 0 Å². The van der Waals surface area contributed by atoms with Crippen molar-refractivity contribution in [2.45, 2.75) is 6.92 Å². The van der Waals surface area contributed by atoms with Crippen molar-refractivity contribution in [3.05, 3.63) is 45.4 Å². The van der Waals surface area contributed by atoms with Crippen LogP contribution in [-0.2, 0) is 9.59 Å². The van der Waals surface area contributed by atoms with E-state index >= 15 is 0 Å². The fourth-order valence-electron chi connectivity index (χ4n) is 1.99. The number of hydrogen-bond donors (Lipinski definition) is 2. The van der Waals surface area contributed by atoms with E-state index in [-0.39, 0.29) is 17.8 Å². The summed E-state index contributed by atoms with van der Waals surface area (Å²) >= 11 is 0. The first-order valence-corrected chi connectivity index (χ1v) is 6.25. The predicted octanol–water partition coefficient (Wildman–Crippen LogP) is 0.699. The van der Waals surface area contributed by atoms with E-state index in [2.05, 4.69) is 5.32 Å². The Morgan fingerprint density at radius 1 is 1.41 bits per heavy atom. The third-order valence-corrected chi connectivity index (χ3v) is 3.10. The van der Waals surface area contributed by atoms with Crippen molar-refractivity contribution >= 4 is 23.2 Å². The zero-order valence-corrected chi connectivity index (χ0v) is 11.5. The monoisotopic (exact) mass is 309 g/mol. The number of imide groups is 1. The topological polar surface area (TPSA) is 113 Å². The molecule has 0 fully saturated rings. The van der Waals surface area contributed by atoms with Gasteiger partial charge in [0.15, 0.2) is 11.5 Å². The maximum absolute atomic E-state index is 14.1. The lowest BCUT2D eigenvalue weighted by Gasteiger charge is -2.14. The van der Waals surface area contributed by atoms with Crippen molar-refractivity contribution in [3.63, 3.8) is 0 Å². The van der Waals surface area contributed by atoms with Crippen LogP contribution in [0.5, 0.6) is 0 Å². The zero-order valence-electron chi connectivity index (χ0n) is 11.5. The molecule has 2 rings (SSSR count). The van der Waals surface area contributed by atoms with E-state index in [9.17, 15) is 24.1 Å². The normalized spacial score (nSPS) is 14.3. The van der Waals surface area contributed by atoms with Crippen molar-refractivity contribution in [2.75, 3.05) is 18.5 Å². The van der Waals surface area contributed by atoms with Gasteiger partial charge in [0.05, 0.1) is 18.1 Å². The largest absolute Gasteiger partial charge is 0.395 e. The third-order valence-electron chi connectivity index (χ3n) is 3.10. The molecular formula is C13H12FN3O5. The molecule has 1 aromatic carbocycles. The molecule has 1 heterocycles. The van der Waals surface area contributed by atoms with Crippen molar-refractivity contribution in [1.29, 1.82) is 0 Å². The molecule has 1 aromatic rings. The Balaban J connectivity index is 2.38. The van der Waals surface area contributed by atoms with Crippen LogP contribution < -0.4 is 5.32 Å². The fraction of sp³-hybridized carbons (Fsp3) is 0.231. The maximum atomic E-state index is 14.1. The lowest BCUT2D eigenvalue weighted by Crippen LogP contribution is -2.34. The van der Waals surface area contributed by atoms with Gasteiger partial charge in [-0.15, -0.1) is 0 Å². The highest BCUT2D eigenvalue weighted by Crippen LogP contribution is 2.31. The van der Waals surface area contributed by atoms with Crippen LogP contribution in [0.15, 0.2) is 23.9 Å². The molecule has 9 heteroatoms. The summed E-state index contributed by atoms with van der Waals surface area (Å²) in [6.07, 6.45) is 0.906. The summed E-state index contributed by atoms with van der Waals surface area (Å²) in [5.74, 6) is -2.34. The fourth-order valence-corrected chi connectivity index (χ4v) is 1.99. The number of nitrogens with one attached hydrogen (secondary N) is 1. The molecule has 116 valence electrons. The predicted molar refractivity (Wildman–Crippen MR) is 73.3 cm³/mol. The van der Waals surface area contributed by atoms with Gasteiger partial charge in [-0.25, -0.2) is 4.39 Å². The molecule has 2 N–H and O–H groups in total. The second kappa shape index (κ2) is 5.90. The first kappa shape index (κ1) is 15.6. The molecule has 0 spiro atoms. The number of carbonyl (C=O) groups is 2. The number of hydrogen-bond acceptors (Lipinski definition) is 6. The number of rotatable bonds is 5. The van der Waals surface area contributed by atoms with Gasteiger partial charge < -0.3 is 10.4 Å². The third kappa shape index (κ3) is 2.66. The average Bonchev–Trinajstić information content (AvgIpc) is 2.72. The molecule has 0 saturated heterocycles. The molecule has 22 heavy (non-hydrogen) atoms. The molecule has 8 nitrogen and oxygen atoms in total. The Bertz CT molecular complexity index is 701. The van der Waals surface area contributed by atoms with Gasteiger partial charge in [0.25, 0.3) is 17.5 Å². The van der Waals surface area contributed by atoms with Gasteiger partial charge in [0.1, 0.15) is 5.70 Å². The van der Waals surface area contributed by atoms with Gasteiger partial charge in [0, 0.05) is 12.1 Å². The van der Waals surface area contributed by atoms with Gasteiger partial charge in [-0.3, -0.25) is 24.6 Å². The van der Waals surface area contributed by atoms with E-state index in [1.54, 1.807) is 0 Å². The number of nitro benzene ring substituents is 1. The Kier molecular flexibility index (Phi) is 4.18. The lowest BCUT2D eigenvalue weighted by molar-refractivity contribution is -0.384. The SMILES string of the molecule is Cc1ccc([N+](=O)[O-])c(NC2=CC(=O)N(CCO)C2=O)c1F. The van der Waals surface area contributed by atoms with E-state index in [4.69, 9.17) is 5.11 Å². The highest BCUT2D eigenvalue weighted by Gasteiger charge is 2.32.